The highest BCUT2D eigenvalue weighted by atomic mass is 32.2. The van der Waals surface area contributed by atoms with Crippen LogP contribution in [0.2, 0.25) is 0 Å². The number of amidine groups is 1. The van der Waals surface area contributed by atoms with Crippen LogP contribution >= 0.6 is 11.8 Å². The van der Waals surface area contributed by atoms with Crippen molar-refractivity contribution in [3.05, 3.63) is 39.9 Å². The van der Waals surface area contributed by atoms with E-state index in [9.17, 15) is 9.59 Å². The van der Waals surface area contributed by atoms with Crippen LogP contribution in [0.4, 0.5) is 0 Å². The third kappa shape index (κ3) is 3.33. The molecule has 2 aliphatic rings. The molecule has 0 amide bonds. The molecule has 1 saturated carbocycles. The molecular weight excluding hydrogens is 352 g/mol. The number of nitrogens with zero attached hydrogens (tertiary/aromatic N) is 2. The van der Waals surface area contributed by atoms with Crippen molar-refractivity contribution in [3.8, 4) is 0 Å². The number of methoxy groups -OCH3 is 1. The molecule has 136 valence electrons. The van der Waals surface area contributed by atoms with E-state index < -0.39 is 5.97 Å². The number of thioether (sulfide) groups is 1. The minimum Gasteiger partial charge on any atom is -0.465 e. The van der Waals surface area contributed by atoms with E-state index in [0.29, 0.717) is 40.1 Å². The van der Waals surface area contributed by atoms with Crippen LogP contribution in [0.15, 0.2) is 28.0 Å². The Morgan fingerprint density at radius 2 is 2.19 bits per heavy atom. The number of carbonyl (C=O) groups is 1. The van der Waals surface area contributed by atoms with Gasteiger partial charge in [0.2, 0.25) is 0 Å². The van der Waals surface area contributed by atoms with Gasteiger partial charge in [-0.2, -0.15) is 0 Å². The second kappa shape index (κ2) is 7.11. The second-order valence-corrected chi connectivity index (χ2v) is 7.53. The molecule has 0 spiro atoms. The van der Waals surface area contributed by atoms with Gasteiger partial charge in [0.05, 0.1) is 41.4 Å². The van der Waals surface area contributed by atoms with Crippen molar-refractivity contribution >= 4 is 33.8 Å². The van der Waals surface area contributed by atoms with Gasteiger partial charge in [0, 0.05) is 0 Å². The van der Waals surface area contributed by atoms with Gasteiger partial charge in [-0.05, 0) is 31.0 Å². The van der Waals surface area contributed by atoms with E-state index in [0.717, 1.165) is 11.6 Å². The molecule has 2 atom stereocenters. The first kappa shape index (κ1) is 17.1. The molecule has 1 aromatic carbocycles. The third-order valence-electron chi connectivity index (χ3n) is 4.84. The lowest BCUT2D eigenvalue weighted by Crippen LogP contribution is -2.36. The number of carbonyl (C=O) groups excluding carboxylic acids is 1. The maximum absolute atomic E-state index is 12.3. The Labute approximate surface area is 154 Å². The Bertz CT molecular complexity index is 940. The van der Waals surface area contributed by atoms with Crippen molar-refractivity contribution < 1.29 is 9.53 Å². The van der Waals surface area contributed by atoms with E-state index in [1.807, 2.05) is 0 Å². The van der Waals surface area contributed by atoms with Gasteiger partial charge in [0.1, 0.15) is 5.82 Å². The largest absolute Gasteiger partial charge is 0.465 e. The molecule has 0 unspecified atom stereocenters. The maximum Gasteiger partial charge on any atom is 0.337 e. The van der Waals surface area contributed by atoms with Crippen LogP contribution in [0.3, 0.4) is 0 Å². The number of hydrogen-bond acceptors (Lipinski definition) is 7. The van der Waals surface area contributed by atoms with E-state index in [1.54, 1.807) is 30.0 Å². The Morgan fingerprint density at radius 1 is 1.35 bits per heavy atom. The van der Waals surface area contributed by atoms with E-state index in [-0.39, 0.29) is 5.56 Å². The summed E-state index contributed by atoms with van der Waals surface area (Å²) in [4.78, 5) is 36.0. The summed E-state index contributed by atoms with van der Waals surface area (Å²) in [7, 11) is 1.33. The van der Waals surface area contributed by atoms with Gasteiger partial charge in [-0.1, -0.05) is 24.6 Å². The zero-order chi connectivity index (χ0) is 18.1. The Hall–Kier alpha value is -2.35. The van der Waals surface area contributed by atoms with Crippen LogP contribution in [0.1, 0.15) is 41.9 Å². The maximum atomic E-state index is 12.3. The molecule has 7 nitrogen and oxygen atoms in total. The highest BCUT2D eigenvalue weighted by Gasteiger charge is 2.30. The minimum absolute atomic E-state index is 0.211. The molecule has 0 radical (unpaired) electrons. The van der Waals surface area contributed by atoms with E-state index in [4.69, 9.17) is 9.73 Å². The number of nitrogens with one attached hydrogen (secondary N) is 2. The zero-order valence-corrected chi connectivity index (χ0v) is 15.3. The summed E-state index contributed by atoms with van der Waals surface area (Å²) in [5.41, 5.74) is 0.654. The van der Waals surface area contributed by atoms with Crippen LogP contribution in [0.25, 0.3) is 10.9 Å². The molecule has 1 aliphatic heterocycles. The van der Waals surface area contributed by atoms with E-state index >= 15 is 0 Å². The fourth-order valence-corrected chi connectivity index (χ4v) is 4.35. The molecule has 1 fully saturated rings. The van der Waals surface area contributed by atoms with Gasteiger partial charge in [-0.25, -0.2) is 9.78 Å². The molecule has 1 aliphatic carbocycles. The quantitative estimate of drug-likeness (QED) is 0.802. The van der Waals surface area contributed by atoms with Crippen molar-refractivity contribution in [3.63, 3.8) is 0 Å². The lowest BCUT2D eigenvalue weighted by atomic mass is 9.92. The van der Waals surface area contributed by atoms with Crippen LogP contribution in [-0.2, 0) is 10.5 Å². The van der Waals surface area contributed by atoms with E-state index in [2.05, 4.69) is 15.3 Å². The zero-order valence-electron chi connectivity index (χ0n) is 14.4. The molecule has 4 rings (SSSR count). The number of esters is 1. The first-order valence-corrected chi connectivity index (χ1v) is 9.71. The van der Waals surface area contributed by atoms with Crippen molar-refractivity contribution in [2.24, 2.45) is 4.99 Å². The number of benzene rings is 1. The SMILES string of the molecule is COC(=O)c1ccc2c(=O)[nH]c(CSC3=N[C@@H]4CCCC[C@@H]4N3)nc2c1. The molecule has 0 saturated heterocycles. The fourth-order valence-electron chi connectivity index (χ4n) is 3.50. The topological polar surface area (TPSA) is 96.4 Å². The predicted molar refractivity (Wildman–Crippen MR) is 102 cm³/mol. The van der Waals surface area contributed by atoms with Crippen molar-refractivity contribution in [1.29, 1.82) is 0 Å². The number of fused-ring (bicyclic) bond motifs is 2. The number of ether oxygens (including phenoxy) is 1. The lowest BCUT2D eigenvalue weighted by Gasteiger charge is -2.23. The number of aromatic nitrogens is 2. The Kier molecular flexibility index (Phi) is 4.67. The Morgan fingerprint density at radius 3 is 3.00 bits per heavy atom. The summed E-state index contributed by atoms with van der Waals surface area (Å²) in [5, 5.41) is 4.86. The molecule has 0 bridgehead atoms. The van der Waals surface area contributed by atoms with Gasteiger partial charge in [-0.15, -0.1) is 0 Å². The van der Waals surface area contributed by atoms with Crippen LogP contribution < -0.4 is 10.9 Å². The average molecular weight is 372 g/mol. The van der Waals surface area contributed by atoms with Crippen LogP contribution in [0.5, 0.6) is 0 Å². The standard InChI is InChI=1S/C18H20N4O3S/c1-25-17(24)10-6-7-11-14(8-10)19-15(22-16(11)23)9-26-18-20-12-4-2-3-5-13(12)21-18/h6-8,12-13H,2-5,9H2,1H3,(H,20,21)(H,19,22,23)/t12-,13+. The van der Waals surface area contributed by atoms with Gasteiger partial charge < -0.3 is 15.0 Å². The lowest BCUT2D eigenvalue weighted by molar-refractivity contribution is 0.0601. The number of hydrogen-bond donors (Lipinski definition) is 2. The summed E-state index contributed by atoms with van der Waals surface area (Å²) in [6, 6.07) is 5.59. The monoisotopic (exact) mass is 372 g/mol. The number of rotatable bonds is 3. The summed E-state index contributed by atoms with van der Waals surface area (Å²) in [6.45, 7) is 0. The first-order chi connectivity index (χ1) is 12.6. The summed E-state index contributed by atoms with van der Waals surface area (Å²) < 4.78 is 4.73. The van der Waals surface area contributed by atoms with Crippen LogP contribution in [-0.4, -0.2) is 40.3 Å². The summed E-state index contributed by atoms with van der Waals surface area (Å²) >= 11 is 1.55. The molecule has 26 heavy (non-hydrogen) atoms. The summed E-state index contributed by atoms with van der Waals surface area (Å²) in [6.07, 6.45) is 4.80. The number of aliphatic imine (C=N–C) groups is 1. The molecule has 1 aromatic heterocycles. The van der Waals surface area contributed by atoms with Gasteiger partial charge >= 0.3 is 5.97 Å². The number of aromatic amines is 1. The third-order valence-corrected chi connectivity index (χ3v) is 5.76. The van der Waals surface area contributed by atoms with Gasteiger partial charge in [-0.3, -0.25) is 9.79 Å². The average Bonchev–Trinajstić information content (AvgIpc) is 3.08. The van der Waals surface area contributed by atoms with Gasteiger partial charge in [0.15, 0.2) is 5.17 Å². The molecule has 2 heterocycles. The normalized spacial score (nSPS) is 21.8. The van der Waals surface area contributed by atoms with E-state index in [1.165, 1.54) is 26.4 Å². The van der Waals surface area contributed by atoms with Crippen molar-refractivity contribution in [1.82, 2.24) is 15.3 Å². The minimum atomic E-state index is -0.447. The Balaban J connectivity index is 1.53. The second-order valence-electron chi connectivity index (χ2n) is 6.56. The summed E-state index contributed by atoms with van der Waals surface area (Å²) in [5.74, 6) is 0.629. The molecule has 2 aromatic rings. The smallest absolute Gasteiger partial charge is 0.337 e. The fraction of sp³-hybridized carbons (Fsp3) is 0.444. The van der Waals surface area contributed by atoms with Gasteiger partial charge in [0.25, 0.3) is 5.56 Å². The predicted octanol–water partition coefficient (Wildman–Crippen LogP) is 2.21. The van der Waals surface area contributed by atoms with Crippen molar-refractivity contribution in [2.75, 3.05) is 7.11 Å². The highest BCUT2D eigenvalue weighted by Crippen LogP contribution is 2.27. The molecule has 2 N–H and O–H groups in total. The number of H-pyrrole nitrogens is 1. The van der Waals surface area contributed by atoms with Crippen LogP contribution in [0, 0.1) is 0 Å². The molecule has 8 heteroatoms. The first-order valence-electron chi connectivity index (χ1n) is 8.72. The van der Waals surface area contributed by atoms with Crippen molar-refractivity contribution in [2.45, 2.75) is 43.5 Å². The highest BCUT2D eigenvalue weighted by molar-refractivity contribution is 8.13. The molecular formula is C18H20N4O3S.